The van der Waals surface area contributed by atoms with Crippen molar-refractivity contribution in [1.82, 2.24) is 19.6 Å². The van der Waals surface area contributed by atoms with E-state index >= 15 is 0 Å². The maximum Gasteiger partial charge on any atom is 0.321 e. The predicted octanol–water partition coefficient (Wildman–Crippen LogP) is 3.00. The summed E-state index contributed by atoms with van der Waals surface area (Å²) in [6.07, 6.45) is 2.11. The molecule has 140 valence electrons. The van der Waals surface area contributed by atoms with E-state index in [0.717, 1.165) is 35.9 Å². The number of likely N-dealkylation sites (tertiary alicyclic amines) is 1. The van der Waals surface area contributed by atoms with E-state index < -0.39 is 0 Å². The number of hydrogen-bond donors (Lipinski definition) is 1. The standard InChI is InChI=1S/C19H27N5OS/c1-13-10-14(2)24(21-13)16-9-7-6-8-15(16)20-19(25)23-11-17(22(3)4)18(12-23)26-5/h6-10,17-18H,11-12H2,1-5H3,(H,20,25)/t17-,18+/m0/s1. The minimum Gasteiger partial charge on any atom is -0.322 e. The van der Waals surface area contributed by atoms with Crippen LogP contribution < -0.4 is 5.32 Å². The van der Waals surface area contributed by atoms with Gasteiger partial charge in [-0.1, -0.05) is 12.1 Å². The Hall–Kier alpha value is -1.99. The van der Waals surface area contributed by atoms with E-state index in [4.69, 9.17) is 0 Å². The van der Waals surface area contributed by atoms with Crippen LogP contribution in [-0.4, -0.2) is 70.3 Å². The Kier molecular flexibility index (Phi) is 5.58. The minimum absolute atomic E-state index is 0.0534. The van der Waals surface area contributed by atoms with Crippen LogP contribution in [0.1, 0.15) is 11.4 Å². The molecule has 6 nitrogen and oxygen atoms in total. The molecular weight excluding hydrogens is 346 g/mol. The fraction of sp³-hybridized carbons (Fsp3) is 0.474. The first kappa shape index (κ1) is 18.8. The van der Waals surface area contributed by atoms with E-state index in [0.29, 0.717) is 11.3 Å². The topological polar surface area (TPSA) is 53.4 Å². The highest BCUT2D eigenvalue weighted by molar-refractivity contribution is 7.99. The first-order valence-electron chi connectivity index (χ1n) is 8.78. The number of likely N-dealkylation sites (N-methyl/N-ethyl adjacent to an activating group) is 1. The number of rotatable bonds is 4. The van der Waals surface area contributed by atoms with Crippen molar-refractivity contribution < 1.29 is 4.79 Å². The quantitative estimate of drug-likeness (QED) is 0.895. The van der Waals surface area contributed by atoms with Crippen LogP contribution in [0.25, 0.3) is 5.69 Å². The largest absolute Gasteiger partial charge is 0.322 e. The molecule has 1 aliphatic heterocycles. The van der Waals surface area contributed by atoms with Gasteiger partial charge in [-0.2, -0.15) is 16.9 Å². The number of nitrogens with zero attached hydrogens (tertiary/aromatic N) is 4. The van der Waals surface area contributed by atoms with Gasteiger partial charge in [0.05, 0.1) is 17.1 Å². The molecular formula is C19H27N5OS. The third-order valence-corrected chi connectivity index (χ3v) is 5.94. The van der Waals surface area contributed by atoms with Gasteiger partial charge in [-0.15, -0.1) is 0 Å². The van der Waals surface area contributed by atoms with Gasteiger partial charge in [-0.3, -0.25) is 0 Å². The van der Waals surface area contributed by atoms with Gasteiger partial charge in [0.25, 0.3) is 0 Å². The second-order valence-electron chi connectivity index (χ2n) is 7.00. The summed E-state index contributed by atoms with van der Waals surface area (Å²) in [4.78, 5) is 17.0. The van der Waals surface area contributed by atoms with Crippen molar-refractivity contribution in [3.63, 3.8) is 0 Å². The van der Waals surface area contributed by atoms with Crippen LogP contribution in [0.5, 0.6) is 0 Å². The first-order chi connectivity index (χ1) is 12.4. The molecule has 0 radical (unpaired) electrons. The number of para-hydroxylation sites is 2. The lowest BCUT2D eigenvalue weighted by atomic mass is 10.2. The summed E-state index contributed by atoms with van der Waals surface area (Å²) >= 11 is 1.82. The van der Waals surface area contributed by atoms with E-state index in [1.54, 1.807) is 0 Å². The van der Waals surface area contributed by atoms with E-state index in [2.05, 4.69) is 35.7 Å². The van der Waals surface area contributed by atoms with Crippen LogP contribution in [-0.2, 0) is 0 Å². The Bertz CT molecular complexity index is 788. The number of carbonyl (C=O) groups excluding carboxylic acids is 1. The molecule has 0 bridgehead atoms. The van der Waals surface area contributed by atoms with Gasteiger partial charge in [-0.25, -0.2) is 9.48 Å². The number of carbonyl (C=O) groups is 1. The number of urea groups is 1. The van der Waals surface area contributed by atoms with Gasteiger partial charge in [0.15, 0.2) is 0 Å². The Morgan fingerprint density at radius 3 is 2.58 bits per heavy atom. The van der Waals surface area contributed by atoms with Crippen molar-refractivity contribution in [1.29, 1.82) is 0 Å². The molecule has 1 N–H and O–H groups in total. The Balaban J connectivity index is 1.80. The van der Waals surface area contributed by atoms with E-state index in [-0.39, 0.29) is 6.03 Å². The number of amides is 2. The molecule has 26 heavy (non-hydrogen) atoms. The summed E-state index contributed by atoms with van der Waals surface area (Å²) in [6, 6.07) is 10.2. The van der Waals surface area contributed by atoms with Gasteiger partial charge in [0, 0.05) is 30.1 Å². The van der Waals surface area contributed by atoms with Crippen molar-refractivity contribution in [2.45, 2.75) is 25.1 Å². The van der Waals surface area contributed by atoms with Gasteiger partial charge >= 0.3 is 6.03 Å². The SMILES string of the molecule is CS[C@@H]1CN(C(=O)Nc2ccccc2-n2nc(C)cc2C)C[C@@H]1N(C)C. The maximum absolute atomic E-state index is 12.9. The number of thioether (sulfide) groups is 1. The molecule has 7 heteroatoms. The average Bonchev–Trinajstić information content (AvgIpc) is 3.18. The average molecular weight is 374 g/mol. The van der Waals surface area contributed by atoms with Crippen molar-refractivity contribution in [2.75, 3.05) is 38.8 Å². The van der Waals surface area contributed by atoms with E-state index in [1.807, 2.05) is 65.5 Å². The van der Waals surface area contributed by atoms with Gasteiger partial charge in [0.2, 0.25) is 0 Å². The van der Waals surface area contributed by atoms with E-state index in [1.165, 1.54) is 0 Å². The predicted molar refractivity (Wildman–Crippen MR) is 108 cm³/mol. The lowest BCUT2D eigenvalue weighted by molar-refractivity contribution is 0.216. The van der Waals surface area contributed by atoms with Crippen molar-refractivity contribution in [3.05, 3.63) is 41.7 Å². The molecule has 1 aromatic heterocycles. The van der Waals surface area contributed by atoms with Gasteiger partial charge < -0.3 is 15.1 Å². The Morgan fingerprint density at radius 1 is 1.27 bits per heavy atom. The molecule has 0 aliphatic carbocycles. The van der Waals surface area contributed by atoms with Crippen LogP contribution >= 0.6 is 11.8 Å². The van der Waals surface area contributed by atoms with E-state index in [9.17, 15) is 4.79 Å². The smallest absolute Gasteiger partial charge is 0.321 e. The zero-order valence-electron chi connectivity index (χ0n) is 16.1. The second kappa shape index (κ2) is 7.72. The zero-order valence-corrected chi connectivity index (χ0v) is 16.9. The molecule has 0 saturated carbocycles. The van der Waals surface area contributed by atoms with Crippen LogP contribution in [0.3, 0.4) is 0 Å². The van der Waals surface area contributed by atoms with Crippen molar-refractivity contribution in [2.24, 2.45) is 0 Å². The molecule has 1 aromatic carbocycles. The number of aryl methyl sites for hydroxylation is 2. The third-order valence-electron chi connectivity index (χ3n) is 4.87. The van der Waals surface area contributed by atoms with Gasteiger partial charge in [-0.05, 0) is 52.4 Å². The number of hydrogen-bond acceptors (Lipinski definition) is 4. The monoisotopic (exact) mass is 373 g/mol. The summed E-state index contributed by atoms with van der Waals surface area (Å²) < 4.78 is 1.88. The normalized spacial score (nSPS) is 20.0. The lowest BCUT2D eigenvalue weighted by Crippen LogP contribution is -2.38. The molecule has 1 saturated heterocycles. The number of benzene rings is 1. The molecule has 1 aliphatic rings. The molecule has 0 spiro atoms. The molecule has 2 heterocycles. The summed E-state index contributed by atoms with van der Waals surface area (Å²) in [5, 5.41) is 8.07. The van der Waals surface area contributed by atoms with Crippen LogP contribution in [0.4, 0.5) is 10.5 Å². The van der Waals surface area contributed by atoms with Crippen LogP contribution in [0.2, 0.25) is 0 Å². The fourth-order valence-corrected chi connectivity index (χ4v) is 4.45. The zero-order chi connectivity index (χ0) is 18.8. The highest BCUT2D eigenvalue weighted by Crippen LogP contribution is 2.26. The molecule has 2 aromatic rings. The highest BCUT2D eigenvalue weighted by atomic mass is 32.2. The lowest BCUT2D eigenvalue weighted by Gasteiger charge is -2.23. The van der Waals surface area contributed by atoms with Gasteiger partial charge in [0.1, 0.15) is 0 Å². The van der Waals surface area contributed by atoms with Crippen LogP contribution in [0.15, 0.2) is 30.3 Å². The molecule has 3 rings (SSSR count). The molecule has 2 atom stereocenters. The maximum atomic E-state index is 12.9. The Labute approximate surface area is 159 Å². The highest BCUT2D eigenvalue weighted by Gasteiger charge is 2.36. The minimum atomic E-state index is -0.0534. The first-order valence-corrected chi connectivity index (χ1v) is 10.1. The van der Waals surface area contributed by atoms with Crippen molar-refractivity contribution >= 4 is 23.5 Å². The molecule has 0 unspecified atom stereocenters. The number of nitrogens with one attached hydrogen (secondary N) is 1. The third kappa shape index (κ3) is 3.73. The summed E-state index contributed by atoms with van der Waals surface area (Å²) in [5.74, 6) is 0. The number of aromatic nitrogens is 2. The number of anilines is 1. The molecule has 2 amide bonds. The fourth-order valence-electron chi connectivity index (χ4n) is 3.48. The molecule has 1 fully saturated rings. The summed E-state index contributed by atoms with van der Waals surface area (Å²) in [5.41, 5.74) is 3.66. The summed E-state index contributed by atoms with van der Waals surface area (Å²) in [7, 11) is 4.15. The second-order valence-corrected chi connectivity index (χ2v) is 8.07. The van der Waals surface area contributed by atoms with Crippen molar-refractivity contribution in [3.8, 4) is 5.69 Å². The Morgan fingerprint density at radius 2 is 2.00 bits per heavy atom. The van der Waals surface area contributed by atoms with Crippen LogP contribution in [0, 0.1) is 13.8 Å². The summed E-state index contributed by atoms with van der Waals surface area (Å²) in [6.45, 7) is 5.49.